The summed E-state index contributed by atoms with van der Waals surface area (Å²) in [7, 11) is 0. The van der Waals surface area contributed by atoms with Crippen molar-refractivity contribution in [3.63, 3.8) is 0 Å². The van der Waals surface area contributed by atoms with Gasteiger partial charge in [-0.2, -0.15) is 10.5 Å². The van der Waals surface area contributed by atoms with Gasteiger partial charge in [0.05, 0.1) is 35.2 Å². The first-order valence-corrected chi connectivity index (χ1v) is 5.28. The summed E-state index contributed by atoms with van der Waals surface area (Å²) in [4.78, 5) is 4.37. The predicted molar refractivity (Wildman–Crippen MR) is 58.3 cm³/mol. The first-order chi connectivity index (χ1) is 7.35. The van der Waals surface area contributed by atoms with Gasteiger partial charge in [0.2, 0.25) is 0 Å². The molecule has 0 aliphatic rings. The van der Waals surface area contributed by atoms with Gasteiger partial charge >= 0.3 is 0 Å². The van der Waals surface area contributed by atoms with Crippen LogP contribution >= 0.6 is 11.3 Å². The zero-order valence-electron chi connectivity index (χ0n) is 7.90. The number of aromatic nitrogens is 1. The highest BCUT2D eigenvalue weighted by molar-refractivity contribution is 7.18. The van der Waals surface area contributed by atoms with Gasteiger partial charge < -0.3 is 0 Å². The fourth-order valence-corrected chi connectivity index (χ4v) is 2.37. The normalized spacial score (nSPS) is 9.73. The van der Waals surface area contributed by atoms with E-state index in [0.29, 0.717) is 12.8 Å². The summed E-state index contributed by atoms with van der Waals surface area (Å²) in [6, 6.07) is 9.99. The van der Waals surface area contributed by atoms with Crippen molar-refractivity contribution < 1.29 is 0 Å². The smallest absolute Gasteiger partial charge is 0.108 e. The lowest BCUT2D eigenvalue weighted by molar-refractivity contribution is 1.19. The molecule has 1 aromatic carbocycles. The van der Waals surface area contributed by atoms with Gasteiger partial charge in [-0.25, -0.2) is 4.98 Å². The molecular formula is C11H7N3S. The maximum atomic E-state index is 8.66. The Kier molecular flexibility index (Phi) is 2.62. The summed E-state index contributed by atoms with van der Waals surface area (Å²) in [5.41, 5.74) is 1.81. The highest BCUT2D eigenvalue weighted by Crippen LogP contribution is 2.25. The Hall–Kier alpha value is -1.91. The van der Waals surface area contributed by atoms with Crippen LogP contribution in [0.3, 0.4) is 0 Å². The van der Waals surface area contributed by atoms with E-state index >= 15 is 0 Å². The minimum Gasteiger partial charge on any atom is -0.240 e. The number of fused-ring (bicyclic) bond motifs is 1. The second-order valence-corrected chi connectivity index (χ2v) is 4.16. The van der Waals surface area contributed by atoms with Crippen LogP contribution in [-0.2, 0) is 12.8 Å². The summed E-state index contributed by atoms with van der Waals surface area (Å²) in [6.07, 6.45) is 0.707. The van der Waals surface area contributed by atoms with Crippen molar-refractivity contribution in [2.75, 3.05) is 0 Å². The van der Waals surface area contributed by atoms with Crippen molar-refractivity contribution in [1.82, 2.24) is 4.98 Å². The second kappa shape index (κ2) is 4.08. The number of nitriles is 2. The third kappa shape index (κ3) is 1.81. The molecule has 0 saturated carbocycles. The van der Waals surface area contributed by atoms with E-state index in [1.807, 2.05) is 18.2 Å². The minimum absolute atomic E-state index is 0.339. The molecule has 0 radical (unpaired) electrons. The molecule has 0 fully saturated rings. The Labute approximate surface area is 91.2 Å². The molecule has 0 bridgehead atoms. The molecule has 72 valence electrons. The molecule has 0 unspecified atom stereocenters. The molecule has 0 spiro atoms. The Morgan fingerprint density at radius 2 is 2.00 bits per heavy atom. The van der Waals surface area contributed by atoms with E-state index in [1.165, 1.54) is 11.3 Å². The largest absolute Gasteiger partial charge is 0.240 e. The van der Waals surface area contributed by atoms with E-state index in [0.717, 1.165) is 20.8 Å². The van der Waals surface area contributed by atoms with Gasteiger partial charge in [-0.15, -0.1) is 11.3 Å². The summed E-state index contributed by atoms with van der Waals surface area (Å²) in [5, 5.41) is 18.1. The number of thiazole rings is 1. The third-order valence-corrected chi connectivity index (χ3v) is 3.07. The van der Waals surface area contributed by atoms with Gasteiger partial charge in [0.15, 0.2) is 0 Å². The monoisotopic (exact) mass is 213 g/mol. The molecule has 3 nitrogen and oxygen atoms in total. The second-order valence-electron chi connectivity index (χ2n) is 3.04. The fraction of sp³-hybridized carbons (Fsp3) is 0.182. The molecular weight excluding hydrogens is 206 g/mol. The van der Waals surface area contributed by atoms with E-state index in [9.17, 15) is 0 Å². The Morgan fingerprint density at radius 1 is 1.20 bits per heavy atom. The van der Waals surface area contributed by atoms with Gasteiger partial charge in [-0.05, 0) is 11.6 Å². The van der Waals surface area contributed by atoms with Gasteiger partial charge in [0.1, 0.15) is 5.01 Å². The van der Waals surface area contributed by atoms with E-state index in [2.05, 4.69) is 17.1 Å². The predicted octanol–water partition coefficient (Wildman–Crippen LogP) is 2.43. The highest BCUT2D eigenvalue weighted by Gasteiger charge is 2.07. The first kappa shape index (κ1) is 9.64. The molecule has 0 N–H and O–H groups in total. The lowest BCUT2D eigenvalue weighted by Crippen LogP contribution is -1.84. The average Bonchev–Trinajstić information content (AvgIpc) is 2.62. The lowest BCUT2D eigenvalue weighted by atomic mass is 10.1. The van der Waals surface area contributed by atoms with Crippen LogP contribution in [0.4, 0.5) is 0 Å². The van der Waals surface area contributed by atoms with Crippen LogP contribution in [0.15, 0.2) is 18.2 Å². The first-order valence-electron chi connectivity index (χ1n) is 4.46. The fourth-order valence-electron chi connectivity index (χ4n) is 1.42. The number of benzene rings is 1. The molecule has 0 amide bonds. The van der Waals surface area contributed by atoms with Gasteiger partial charge in [-0.1, -0.05) is 12.1 Å². The van der Waals surface area contributed by atoms with Crippen LogP contribution in [0.25, 0.3) is 10.2 Å². The molecule has 15 heavy (non-hydrogen) atoms. The van der Waals surface area contributed by atoms with Gasteiger partial charge in [0.25, 0.3) is 0 Å². The molecule has 4 heteroatoms. The van der Waals surface area contributed by atoms with Crippen molar-refractivity contribution in [3.8, 4) is 12.1 Å². The minimum atomic E-state index is 0.339. The number of nitrogens with zero attached hydrogens (tertiary/aromatic N) is 3. The van der Waals surface area contributed by atoms with E-state index in [4.69, 9.17) is 10.5 Å². The van der Waals surface area contributed by atoms with Crippen LogP contribution in [0, 0.1) is 22.7 Å². The van der Waals surface area contributed by atoms with Crippen molar-refractivity contribution in [1.29, 1.82) is 10.5 Å². The molecule has 0 saturated heterocycles. The Bertz CT molecular complexity index is 572. The van der Waals surface area contributed by atoms with Gasteiger partial charge in [-0.3, -0.25) is 0 Å². The zero-order valence-corrected chi connectivity index (χ0v) is 8.71. The number of para-hydroxylation sites is 1. The van der Waals surface area contributed by atoms with E-state index < -0.39 is 0 Å². The van der Waals surface area contributed by atoms with Crippen LogP contribution in [0.1, 0.15) is 10.6 Å². The van der Waals surface area contributed by atoms with E-state index in [-0.39, 0.29) is 0 Å². The topological polar surface area (TPSA) is 60.5 Å². The summed E-state index contributed by atoms with van der Waals surface area (Å²) < 4.78 is 1.05. The number of hydrogen-bond donors (Lipinski definition) is 0. The Balaban J connectivity index is 2.56. The molecule has 0 aliphatic carbocycles. The van der Waals surface area contributed by atoms with Crippen LogP contribution in [0.5, 0.6) is 0 Å². The van der Waals surface area contributed by atoms with Crippen molar-refractivity contribution >= 4 is 21.6 Å². The third-order valence-electron chi connectivity index (χ3n) is 2.05. The van der Waals surface area contributed by atoms with Crippen LogP contribution in [-0.4, -0.2) is 4.98 Å². The Morgan fingerprint density at radius 3 is 2.73 bits per heavy atom. The SMILES string of the molecule is N#CCc1nc2c(CC#N)cccc2s1. The van der Waals surface area contributed by atoms with Crippen LogP contribution in [0.2, 0.25) is 0 Å². The van der Waals surface area contributed by atoms with Crippen molar-refractivity contribution in [2.24, 2.45) is 0 Å². The summed E-state index contributed by atoms with van der Waals surface area (Å²) in [6.45, 7) is 0. The molecule has 0 aliphatic heterocycles. The standard InChI is InChI=1S/C11H7N3S/c12-6-4-8-2-1-3-9-11(8)14-10(15-9)5-7-13/h1-3H,4-5H2. The summed E-state index contributed by atoms with van der Waals surface area (Å²) in [5.74, 6) is 0. The molecule has 2 rings (SSSR count). The lowest BCUT2D eigenvalue weighted by Gasteiger charge is -1.93. The maximum Gasteiger partial charge on any atom is 0.108 e. The zero-order chi connectivity index (χ0) is 10.7. The number of rotatable bonds is 2. The highest BCUT2D eigenvalue weighted by atomic mass is 32.1. The van der Waals surface area contributed by atoms with E-state index in [1.54, 1.807) is 0 Å². The number of hydrogen-bond acceptors (Lipinski definition) is 4. The molecule has 1 heterocycles. The average molecular weight is 213 g/mol. The molecule has 1 aromatic heterocycles. The molecule has 2 aromatic rings. The van der Waals surface area contributed by atoms with Crippen molar-refractivity contribution in [3.05, 3.63) is 28.8 Å². The maximum absolute atomic E-state index is 8.66. The van der Waals surface area contributed by atoms with Gasteiger partial charge in [0, 0.05) is 0 Å². The van der Waals surface area contributed by atoms with Crippen molar-refractivity contribution in [2.45, 2.75) is 12.8 Å². The summed E-state index contributed by atoms with van der Waals surface area (Å²) >= 11 is 1.52. The quantitative estimate of drug-likeness (QED) is 0.769. The molecule has 0 atom stereocenters. The van der Waals surface area contributed by atoms with Crippen LogP contribution < -0.4 is 0 Å².